The topological polar surface area (TPSA) is 58.6 Å². The van der Waals surface area contributed by atoms with Gasteiger partial charge < -0.3 is 10.1 Å². The van der Waals surface area contributed by atoms with Gasteiger partial charge in [0.25, 0.3) is 0 Å². The Bertz CT molecular complexity index is 660. The van der Waals surface area contributed by atoms with Crippen molar-refractivity contribution < 1.29 is 14.3 Å². The molecule has 0 aliphatic carbocycles. The first-order valence-corrected chi connectivity index (χ1v) is 8.21. The van der Waals surface area contributed by atoms with Crippen LogP contribution >= 0.6 is 11.6 Å². The largest absolute Gasteiger partial charge is 0.443 e. The maximum Gasteiger partial charge on any atom is 0.421 e. The summed E-state index contributed by atoms with van der Waals surface area (Å²) < 4.78 is 5.43. The van der Waals surface area contributed by atoms with Crippen molar-refractivity contribution >= 4 is 29.3 Å². The zero-order valence-electron chi connectivity index (χ0n) is 13.6. The number of hydrogen-bond acceptors (Lipinski definition) is 4. The van der Waals surface area contributed by atoms with Gasteiger partial charge in [-0.05, 0) is 64.4 Å². The van der Waals surface area contributed by atoms with Crippen LogP contribution in [0.1, 0.15) is 39.2 Å². The van der Waals surface area contributed by atoms with E-state index >= 15 is 0 Å². The van der Waals surface area contributed by atoms with Crippen molar-refractivity contribution in [2.75, 3.05) is 18.0 Å². The number of anilines is 1. The summed E-state index contributed by atoms with van der Waals surface area (Å²) in [4.78, 5) is 26.9. The highest BCUT2D eigenvalue weighted by Crippen LogP contribution is 2.48. The molecule has 5 nitrogen and oxygen atoms in total. The fourth-order valence-corrected chi connectivity index (χ4v) is 3.53. The lowest BCUT2D eigenvalue weighted by molar-refractivity contribution is -0.123. The molecule has 1 N–H and O–H groups in total. The molecular formula is C17H21ClN2O3. The van der Waals surface area contributed by atoms with Gasteiger partial charge in [-0.2, -0.15) is 0 Å². The van der Waals surface area contributed by atoms with E-state index in [1.165, 1.54) is 0 Å². The van der Waals surface area contributed by atoms with Crippen molar-refractivity contribution in [1.82, 2.24) is 5.32 Å². The number of carbonyl (C=O) groups excluding carboxylic acids is 2. The van der Waals surface area contributed by atoms with E-state index in [0.717, 1.165) is 23.6 Å². The molecule has 1 spiro atoms. The summed E-state index contributed by atoms with van der Waals surface area (Å²) in [6, 6.07) is 5.32. The second kappa shape index (κ2) is 5.49. The number of ether oxygens (including phenoxy) is 1. The van der Waals surface area contributed by atoms with Gasteiger partial charge >= 0.3 is 6.09 Å². The lowest BCUT2D eigenvalue weighted by atomic mass is 9.74. The van der Waals surface area contributed by atoms with Crippen LogP contribution in [0.25, 0.3) is 0 Å². The average Bonchev–Trinajstić information content (AvgIpc) is 2.67. The first-order chi connectivity index (χ1) is 10.7. The summed E-state index contributed by atoms with van der Waals surface area (Å²) in [6.07, 6.45) is 0.695. The maximum atomic E-state index is 13.1. The zero-order valence-corrected chi connectivity index (χ0v) is 14.4. The van der Waals surface area contributed by atoms with E-state index < -0.39 is 17.1 Å². The molecule has 23 heavy (non-hydrogen) atoms. The summed E-state index contributed by atoms with van der Waals surface area (Å²) in [6.45, 7) is 6.84. The third-order valence-corrected chi connectivity index (χ3v) is 4.60. The number of benzene rings is 1. The predicted octanol–water partition coefficient (Wildman–Crippen LogP) is 3.24. The zero-order chi connectivity index (χ0) is 16.8. The van der Waals surface area contributed by atoms with Crippen molar-refractivity contribution in [3.63, 3.8) is 0 Å². The first kappa shape index (κ1) is 16.3. The fourth-order valence-electron chi connectivity index (χ4n) is 3.36. The van der Waals surface area contributed by atoms with Crippen LogP contribution in [0, 0.1) is 0 Å². The van der Waals surface area contributed by atoms with Gasteiger partial charge in [-0.15, -0.1) is 0 Å². The molecule has 1 aromatic carbocycles. The predicted molar refractivity (Wildman–Crippen MR) is 89.0 cm³/mol. The van der Waals surface area contributed by atoms with Gasteiger partial charge in [0.15, 0.2) is 0 Å². The number of amides is 2. The van der Waals surface area contributed by atoms with Crippen LogP contribution in [0.2, 0.25) is 5.02 Å². The van der Waals surface area contributed by atoms with Gasteiger partial charge in [-0.3, -0.25) is 4.79 Å². The highest BCUT2D eigenvalue weighted by molar-refractivity contribution is 6.31. The van der Waals surface area contributed by atoms with Gasteiger partial charge in [0, 0.05) is 5.02 Å². The number of carbonyl (C=O) groups is 2. The van der Waals surface area contributed by atoms with E-state index in [1.54, 1.807) is 32.9 Å². The van der Waals surface area contributed by atoms with Crippen LogP contribution in [0.3, 0.4) is 0 Å². The van der Waals surface area contributed by atoms with Crippen molar-refractivity contribution in [2.45, 2.75) is 44.6 Å². The van der Waals surface area contributed by atoms with Gasteiger partial charge in [0.1, 0.15) is 5.60 Å². The summed E-state index contributed by atoms with van der Waals surface area (Å²) in [7, 11) is 0. The summed E-state index contributed by atoms with van der Waals surface area (Å²) in [5, 5.41) is 3.76. The normalized spacial score (nSPS) is 19.8. The summed E-state index contributed by atoms with van der Waals surface area (Å²) in [5.74, 6) is -0.203. The number of imide groups is 1. The van der Waals surface area contributed by atoms with Crippen LogP contribution in [0.15, 0.2) is 18.2 Å². The van der Waals surface area contributed by atoms with Gasteiger partial charge in [0.05, 0.1) is 11.1 Å². The van der Waals surface area contributed by atoms with E-state index in [2.05, 4.69) is 5.32 Å². The molecule has 6 heteroatoms. The Morgan fingerprint density at radius 1 is 1.30 bits per heavy atom. The van der Waals surface area contributed by atoms with Crippen LogP contribution in [-0.4, -0.2) is 30.7 Å². The molecule has 0 unspecified atom stereocenters. The number of piperidine rings is 1. The van der Waals surface area contributed by atoms with E-state index in [1.807, 2.05) is 6.07 Å². The van der Waals surface area contributed by atoms with Crippen LogP contribution in [0.5, 0.6) is 0 Å². The van der Waals surface area contributed by atoms with Crippen LogP contribution in [-0.2, 0) is 14.9 Å². The molecular weight excluding hydrogens is 316 g/mol. The molecule has 0 bridgehead atoms. The van der Waals surface area contributed by atoms with Crippen molar-refractivity contribution in [3.8, 4) is 0 Å². The number of nitrogens with one attached hydrogen (secondary N) is 1. The molecule has 1 saturated heterocycles. The molecule has 3 rings (SSSR count). The Kier molecular flexibility index (Phi) is 3.89. The maximum absolute atomic E-state index is 13.1. The highest BCUT2D eigenvalue weighted by atomic mass is 35.5. The van der Waals surface area contributed by atoms with E-state index in [-0.39, 0.29) is 5.91 Å². The molecule has 2 aliphatic heterocycles. The lowest BCUT2D eigenvalue weighted by Crippen LogP contribution is -2.49. The third kappa shape index (κ3) is 2.72. The monoisotopic (exact) mass is 336 g/mol. The Hall–Kier alpha value is -1.59. The number of hydrogen-bond donors (Lipinski definition) is 1. The first-order valence-electron chi connectivity index (χ1n) is 7.83. The Morgan fingerprint density at radius 3 is 2.57 bits per heavy atom. The molecule has 1 aromatic rings. The van der Waals surface area contributed by atoms with Gasteiger partial charge in [-0.1, -0.05) is 17.7 Å². The standard InChI is InChI=1S/C17H21ClN2O3/c1-16(2,3)23-15(22)20-13-10-11(18)4-5-12(13)17(14(20)21)6-8-19-9-7-17/h4-5,10,19H,6-9H2,1-3H3. The molecule has 0 radical (unpaired) electrons. The molecule has 2 heterocycles. The molecule has 2 aliphatic rings. The number of nitrogens with zero attached hydrogens (tertiary/aromatic N) is 1. The van der Waals surface area contributed by atoms with Gasteiger partial charge in [-0.25, -0.2) is 9.69 Å². The van der Waals surface area contributed by atoms with Crippen molar-refractivity contribution in [1.29, 1.82) is 0 Å². The number of fused-ring (bicyclic) bond motifs is 2. The molecule has 0 aromatic heterocycles. The fraction of sp³-hybridized carbons (Fsp3) is 0.529. The second-order valence-electron chi connectivity index (χ2n) is 7.11. The Balaban J connectivity index is 2.07. The molecule has 0 atom stereocenters. The highest BCUT2D eigenvalue weighted by Gasteiger charge is 2.53. The smallest absolute Gasteiger partial charge is 0.421 e. The van der Waals surface area contributed by atoms with Gasteiger partial charge in [0.2, 0.25) is 5.91 Å². The van der Waals surface area contributed by atoms with Crippen LogP contribution in [0.4, 0.5) is 10.5 Å². The minimum absolute atomic E-state index is 0.203. The summed E-state index contributed by atoms with van der Waals surface area (Å²) in [5.41, 5.74) is 0.111. The molecule has 2 amide bonds. The molecule has 124 valence electrons. The Morgan fingerprint density at radius 2 is 1.96 bits per heavy atom. The van der Waals surface area contributed by atoms with E-state index in [9.17, 15) is 9.59 Å². The minimum atomic E-state index is -0.667. The van der Waals surface area contributed by atoms with E-state index in [0.29, 0.717) is 23.6 Å². The number of rotatable bonds is 0. The average molecular weight is 337 g/mol. The van der Waals surface area contributed by atoms with Crippen LogP contribution < -0.4 is 10.2 Å². The van der Waals surface area contributed by atoms with E-state index in [4.69, 9.17) is 16.3 Å². The second-order valence-corrected chi connectivity index (χ2v) is 7.55. The van der Waals surface area contributed by atoms with Crippen molar-refractivity contribution in [2.24, 2.45) is 0 Å². The number of halogens is 1. The molecule has 0 saturated carbocycles. The minimum Gasteiger partial charge on any atom is -0.443 e. The lowest BCUT2D eigenvalue weighted by Gasteiger charge is -2.33. The summed E-state index contributed by atoms with van der Waals surface area (Å²) >= 11 is 6.10. The quantitative estimate of drug-likeness (QED) is 0.790. The molecule has 1 fully saturated rings. The third-order valence-electron chi connectivity index (χ3n) is 4.36. The Labute approximate surface area is 140 Å². The SMILES string of the molecule is CC(C)(C)OC(=O)N1C(=O)C2(CCNCC2)c2ccc(Cl)cc21. The van der Waals surface area contributed by atoms with Crippen molar-refractivity contribution in [3.05, 3.63) is 28.8 Å².